The summed E-state index contributed by atoms with van der Waals surface area (Å²) in [4.78, 5) is 63.1. The molecule has 0 fully saturated rings. The summed E-state index contributed by atoms with van der Waals surface area (Å²) in [5.41, 5.74) is 2.29. The van der Waals surface area contributed by atoms with Crippen LogP contribution in [0.5, 0.6) is 0 Å². The van der Waals surface area contributed by atoms with E-state index in [0.717, 1.165) is 33.2 Å². The van der Waals surface area contributed by atoms with Gasteiger partial charge in [0, 0.05) is 24.9 Å². The highest BCUT2D eigenvalue weighted by molar-refractivity contribution is 7.91. The third-order valence-electron chi connectivity index (χ3n) is 7.87. The van der Waals surface area contributed by atoms with E-state index in [1.165, 1.54) is 23.8 Å². The highest BCUT2D eigenvalue weighted by Crippen LogP contribution is 2.37. The predicted molar refractivity (Wildman–Crippen MR) is 176 cm³/mol. The summed E-state index contributed by atoms with van der Waals surface area (Å²) in [6.07, 6.45) is 1.96. The molecule has 0 aliphatic carbocycles. The Bertz CT molecular complexity index is 1790. The summed E-state index contributed by atoms with van der Waals surface area (Å²) >= 11 is 0. The minimum Gasteiger partial charge on any atom is -0.444 e. The molecule has 0 spiro atoms. The number of hydrogen-bond donors (Lipinski definition) is 1. The van der Waals surface area contributed by atoms with E-state index < -0.39 is 63.1 Å². The predicted octanol–water partition coefficient (Wildman–Crippen LogP) is 3.60. The fourth-order valence-corrected chi connectivity index (χ4v) is 5.95. The van der Waals surface area contributed by atoms with E-state index >= 15 is 0 Å². The van der Waals surface area contributed by atoms with Crippen molar-refractivity contribution in [1.82, 2.24) is 15.2 Å². The standard InChI is InChI=1S/C33H41N5O7S/c1-20-17-34-25-14-10-9-13-23(25)24(20)18-37-26-15-11-12-16-27(26)38(28(39)19-46(8,43)44)21(2)29(31(37)41)35-30(40)22(3)36(7)32(42)45-33(4,5)6/h9-17,21-22,29H,18-19H2,1-8H3,(H,35,40)/t21-,22?,29-/m0/s1. The van der Waals surface area contributed by atoms with Crippen LogP contribution in [0.1, 0.15) is 45.7 Å². The number of amides is 4. The van der Waals surface area contributed by atoms with Gasteiger partial charge in [0.1, 0.15) is 23.4 Å². The number of sulfone groups is 1. The van der Waals surface area contributed by atoms with Gasteiger partial charge in [-0.05, 0) is 70.9 Å². The lowest BCUT2D eigenvalue weighted by Crippen LogP contribution is -2.60. The number of para-hydroxylation sites is 3. The Labute approximate surface area is 269 Å². The molecule has 4 amide bonds. The number of fused-ring (bicyclic) bond motifs is 2. The molecule has 2 aromatic carbocycles. The van der Waals surface area contributed by atoms with Gasteiger partial charge in [-0.3, -0.25) is 24.3 Å². The summed E-state index contributed by atoms with van der Waals surface area (Å²) in [5.74, 6) is -2.73. The van der Waals surface area contributed by atoms with Crippen molar-refractivity contribution in [2.24, 2.45) is 0 Å². The number of ether oxygens (including phenoxy) is 1. The SMILES string of the molecule is Cc1cnc2ccccc2c1CN1C(=O)[C@@H](NC(=O)C(C)N(C)C(=O)OC(C)(C)C)[C@H](C)N(C(=O)CS(C)(=O)=O)c2ccccc21. The molecule has 0 saturated heterocycles. The van der Waals surface area contributed by atoms with Crippen molar-refractivity contribution in [3.63, 3.8) is 0 Å². The van der Waals surface area contributed by atoms with E-state index in [4.69, 9.17) is 4.74 Å². The number of carbonyl (C=O) groups is 4. The maximum Gasteiger partial charge on any atom is 0.410 e. The average Bonchev–Trinajstić information content (AvgIpc) is 3.04. The van der Waals surface area contributed by atoms with E-state index in [0.29, 0.717) is 11.4 Å². The van der Waals surface area contributed by atoms with Gasteiger partial charge in [0.05, 0.1) is 29.5 Å². The van der Waals surface area contributed by atoms with E-state index in [2.05, 4.69) is 10.3 Å². The maximum atomic E-state index is 14.6. The van der Waals surface area contributed by atoms with Crippen LogP contribution in [-0.4, -0.2) is 84.9 Å². The van der Waals surface area contributed by atoms with Gasteiger partial charge in [0.15, 0.2) is 9.84 Å². The summed E-state index contributed by atoms with van der Waals surface area (Å²) in [6.45, 7) is 10.2. The molecule has 13 heteroatoms. The first-order valence-electron chi connectivity index (χ1n) is 14.9. The summed E-state index contributed by atoms with van der Waals surface area (Å²) in [7, 11) is -2.33. The molecule has 46 heavy (non-hydrogen) atoms. The number of carbonyl (C=O) groups excluding carboxylic acids is 4. The summed E-state index contributed by atoms with van der Waals surface area (Å²) in [5, 5.41) is 3.61. The number of hydrogen-bond acceptors (Lipinski definition) is 8. The molecular formula is C33H41N5O7S. The topological polar surface area (TPSA) is 146 Å². The second-order valence-electron chi connectivity index (χ2n) is 12.7. The van der Waals surface area contributed by atoms with Crippen LogP contribution in [0, 0.1) is 6.92 Å². The maximum absolute atomic E-state index is 14.6. The molecule has 0 bridgehead atoms. The summed E-state index contributed by atoms with van der Waals surface area (Å²) in [6, 6.07) is 10.9. The third kappa shape index (κ3) is 7.47. The number of anilines is 2. The van der Waals surface area contributed by atoms with Crippen LogP contribution in [-0.2, 0) is 35.5 Å². The molecule has 12 nitrogen and oxygen atoms in total. The number of benzene rings is 2. The van der Waals surface area contributed by atoms with Crippen LogP contribution >= 0.6 is 0 Å². The first-order chi connectivity index (χ1) is 21.4. The molecule has 246 valence electrons. The van der Waals surface area contributed by atoms with Crippen molar-refractivity contribution in [1.29, 1.82) is 0 Å². The van der Waals surface area contributed by atoms with Gasteiger partial charge >= 0.3 is 6.09 Å². The molecule has 1 unspecified atom stereocenters. The Morgan fingerprint density at radius 3 is 2.30 bits per heavy atom. The monoisotopic (exact) mass is 651 g/mol. The molecule has 1 N–H and O–H groups in total. The number of aryl methyl sites for hydroxylation is 1. The van der Waals surface area contributed by atoms with E-state index in [1.54, 1.807) is 58.2 Å². The van der Waals surface area contributed by atoms with Crippen LogP contribution in [0.15, 0.2) is 54.7 Å². The Kier molecular flexibility index (Phi) is 9.76. The molecule has 1 aliphatic heterocycles. The number of nitrogens with zero attached hydrogens (tertiary/aromatic N) is 4. The average molecular weight is 652 g/mol. The van der Waals surface area contributed by atoms with Gasteiger partial charge in [-0.25, -0.2) is 13.2 Å². The zero-order valence-corrected chi connectivity index (χ0v) is 28.2. The van der Waals surface area contributed by atoms with Crippen molar-refractivity contribution >= 4 is 55.9 Å². The fourth-order valence-electron chi connectivity index (χ4n) is 5.37. The number of rotatable bonds is 7. The molecule has 0 saturated carbocycles. The Morgan fingerprint density at radius 2 is 1.67 bits per heavy atom. The Hall–Kier alpha value is -4.52. The lowest BCUT2D eigenvalue weighted by molar-refractivity contribution is -0.131. The number of likely N-dealkylation sites (N-methyl/N-ethyl adjacent to an activating group) is 1. The molecule has 1 aromatic heterocycles. The fraction of sp³-hybridized carbons (Fsp3) is 0.424. The quantitative estimate of drug-likeness (QED) is 0.408. The minimum atomic E-state index is -3.75. The smallest absolute Gasteiger partial charge is 0.410 e. The number of nitrogens with one attached hydrogen (secondary N) is 1. The second-order valence-corrected chi connectivity index (χ2v) is 14.8. The zero-order valence-electron chi connectivity index (χ0n) is 27.4. The van der Waals surface area contributed by atoms with Gasteiger partial charge in [0.2, 0.25) is 11.8 Å². The lowest BCUT2D eigenvalue weighted by Gasteiger charge is -2.34. The van der Waals surface area contributed by atoms with Gasteiger partial charge in [-0.1, -0.05) is 30.3 Å². The first kappa shape index (κ1) is 34.4. The largest absolute Gasteiger partial charge is 0.444 e. The van der Waals surface area contributed by atoms with Crippen LogP contribution in [0.3, 0.4) is 0 Å². The molecule has 3 atom stereocenters. The molecular weight excluding hydrogens is 610 g/mol. The first-order valence-corrected chi connectivity index (χ1v) is 16.9. The van der Waals surface area contributed by atoms with Crippen LogP contribution < -0.4 is 15.1 Å². The van der Waals surface area contributed by atoms with E-state index in [-0.39, 0.29) is 6.54 Å². The van der Waals surface area contributed by atoms with Crippen molar-refractivity contribution < 1.29 is 32.3 Å². The van der Waals surface area contributed by atoms with Crippen molar-refractivity contribution in [3.8, 4) is 0 Å². The van der Waals surface area contributed by atoms with Gasteiger partial charge in [0.25, 0.3) is 5.91 Å². The van der Waals surface area contributed by atoms with Gasteiger partial charge in [-0.2, -0.15) is 0 Å². The molecule has 2 heterocycles. The minimum absolute atomic E-state index is 0.0747. The highest BCUT2D eigenvalue weighted by atomic mass is 32.2. The van der Waals surface area contributed by atoms with Crippen LogP contribution in [0.4, 0.5) is 16.2 Å². The van der Waals surface area contributed by atoms with Crippen molar-refractivity contribution in [2.45, 2.75) is 71.8 Å². The van der Waals surface area contributed by atoms with Crippen molar-refractivity contribution in [2.75, 3.05) is 28.9 Å². The molecule has 3 aromatic rings. The van der Waals surface area contributed by atoms with Gasteiger partial charge in [-0.15, -0.1) is 0 Å². The van der Waals surface area contributed by atoms with Crippen LogP contribution in [0.25, 0.3) is 10.9 Å². The van der Waals surface area contributed by atoms with E-state index in [9.17, 15) is 27.6 Å². The number of aromatic nitrogens is 1. The number of pyridine rings is 1. The lowest BCUT2D eigenvalue weighted by atomic mass is 10.0. The van der Waals surface area contributed by atoms with E-state index in [1.807, 2.05) is 31.2 Å². The van der Waals surface area contributed by atoms with Crippen molar-refractivity contribution in [3.05, 3.63) is 65.9 Å². The Balaban J connectivity index is 1.81. The molecule has 4 rings (SSSR count). The highest BCUT2D eigenvalue weighted by Gasteiger charge is 2.43. The second kappa shape index (κ2) is 13.1. The molecule has 1 aliphatic rings. The Morgan fingerprint density at radius 1 is 1.07 bits per heavy atom. The molecule has 0 radical (unpaired) electrons. The zero-order chi connectivity index (χ0) is 34.1. The normalized spacial score (nSPS) is 17.6. The summed E-state index contributed by atoms with van der Waals surface area (Å²) < 4.78 is 29.9. The van der Waals surface area contributed by atoms with Crippen LogP contribution in [0.2, 0.25) is 0 Å². The van der Waals surface area contributed by atoms with Gasteiger partial charge < -0.3 is 19.9 Å². The third-order valence-corrected chi connectivity index (χ3v) is 8.64.